The van der Waals surface area contributed by atoms with Gasteiger partial charge >= 0.3 is 0 Å². The van der Waals surface area contributed by atoms with Crippen molar-refractivity contribution < 1.29 is 0 Å². The van der Waals surface area contributed by atoms with E-state index in [9.17, 15) is 0 Å². The topological polar surface area (TPSA) is 29.9 Å². The highest BCUT2D eigenvalue weighted by atomic mass is 79.9. The summed E-state index contributed by atoms with van der Waals surface area (Å²) in [7, 11) is 0. The van der Waals surface area contributed by atoms with Crippen molar-refractivity contribution in [3.05, 3.63) is 16.9 Å². The minimum atomic E-state index is 0.486. The first kappa shape index (κ1) is 11.7. The van der Waals surface area contributed by atoms with Crippen LogP contribution in [0, 0.1) is 0 Å². The Morgan fingerprint density at radius 2 is 2.43 bits per heavy atom. The average molecular weight is 260 g/mol. The predicted molar refractivity (Wildman–Crippen MR) is 62.4 cm³/mol. The maximum Gasteiger partial charge on any atom is 0.0632 e. The summed E-state index contributed by atoms with van der Waals surface area (Å²) in [5.74, 6) is 0. The minimum absolute atomic E-state index is 0.486. The summed E-state index contributed by atoms with van der Waals surface area (Å²) in [6, 6.07) is 0.486. The fourth-order valence-electron chi connectivity index (χ4n) is 1.39. The van der Waals surface area contributed by atoms with Crippen molar-refractivity contribution >= 4 is 15.9 Å². The van der Waals surface area contributed by atoms with Gasteiger partial charge in [-0.25, -0.2) is 0 Å². The van der Waals surface area contributed by atoms with E-state index in [2.05, 4.69) is 40.2 Å². The molecule has 0 amide bonds. The molecule has 14 heavy (non-hydrogen) atoms. The molecule has 1 aromatic heterocycles. The summed E-state index contributed by atoms with van der Waals surface area (Å²) in [4.78, 5) is 0. The Labute approximate surface area is 94.0 Å². The molecule has 0 radical (unpaired) electrons. The van der Waals surface area contributed by atoms with Gasteiger partial charge in [0.15, 0.2) is 0 Å². The van der Waals surface area contributed by atoms with Gasteiger partial charge in [0.2, 0.25) is 0 Å². The van der Waals surface area contributed by atoms with Crippen LogP contribution in [-0.2, 0) is 0 Å². The largest absolute Gasteiger partial charge is 0.317 e. The molecule has 0 aliphatic heterocycles. The molecular weight excluding hydrogens is 242 g/mol. The van der Waals surface area contributed by atoms with Crippen LogP contribution in [0.4, 0.5) is 0 Å². The van der Waals surface area contributed by atoms with Crippen LogP contribution in [0.1, 0.15) is 32.7 Å². The van der Waals surface area contributed by atoms with E-state index in [0.29, 0.717) is 6.04 Å². The lowest BCUT2D eigenvalue weighted by Gasteiger charge is -2.11. The van der Waals surface area contributed by atoms with Crippen molar-refractivity contribution in [2.24, 2.45) is 0 Å². The van der Waals surface area contributed by atoms with Gasteiger partial charge in [-0.05, 0) is 48.8 Å². The summed E-state index contributed by atoms with van der Waals surface area (Å²) >= 11 is 3.40. The highest BCUT2D eigenvalue weighted by molar-refractivity contribution is 9.10. The molecule has 4 heteroatoms. The third-order valence-corrected chi connectivity index (χ3v) is 2.66. The fraction of sp³-hybridized carbons (Fsp3) is 0.700. The molecule has 0 aliphatic rings. The number of halogens is 1. The maximum absolute atomic E-state index is 4.26. The van der Waals surface area contributed by atoms with E-state index >= 15 is 0 Å². The Morgan fingerprint density at radius 1 is 1.64 bits per heavy atom. The lowest BCUT2D eigenvalue weighted by Crippen LogP contribution is -2.15. The molecule has 80 valence electrons. The normalized spacial score (nSPS) is 13.1. The van der Waals surface area contributed by atoms with Crippen LogP contribution in [0.2, 0.25) is 0 Å². The van der Waals surface area contributed by atoms with Gasteiger partial charge in [0, 0.05) is 12.2 Å². The van der Waals surface area contributed by atoms with Gasteiger partial charge < -0.3 is 5.32 Å². The second kappa shape index (κ2) is 6.19. The van der Waals surface area contributed by atoms with E-state index in [-0.39, 0.29) is 0 Å². The Hall–Kier alpha value is -0.350. The highest BCUT2D eigenvalue weighted by Gasteiger charge is 2.04. The van der Waals surface area contributed by atoms with Crippen molar-refractivity contribution in [2.75, 3.05) is 13.1 Å². The molecule has 0 fully saturated rings. The lowest BCUT2D eigenvalue weighted by atomic mass is 10.2. The Bertz CT molecular complexity index is 260. The van der Waals surface area contributed by atoms with Crippen LogP contribution in [-0.4, -0.2) is 22.9 Å². The standard InChI is InChI=1S/C10H18BrN3/c1-3-12-6-4-5-9(2)14-8-10(11)7-13-14/h7-9,12H,3-6H2,1-2H3. The first-order valence-electron chi connectivity index (χ1n) is 5.14. The molecule has 1 atom stereocenters. The smallest absolute Gasteiger partial charge is 0.0632 e. The molecule has 0 saturated carbocycles. The Morgan fingerprint density at radius 3 is 3.00 bits per heavy atom. The van der Waals surface area contributed by atoms with Crippen LogP contribution >= 0.6 is 15.9 Å². The van der Waals surface area contributed by atoms with E-state index in [0.717, 1.165) is 17.6 Å². The number of nitrogens with zero attached hydrogens (tertiary/aromatic N) is 2. The third-order valence-electron chi connectivity index (χ3n) is 2.25. The maximum atomic E-state index is 4.26. The van der Waals surface area contributed by atoms with Gasteiger partial charge in [-0.15, -0.1) is 0 Å². The van der Waals surface area contributed by atoms with E-state index in [4.69, 9.17) is 0 Å². The van der Waals surface area contributed by atoms with Gasteiger partial charge in [0.1, 0.15) is 0 Å². The molecule has 0 aliphatic carbocycles. The summed E-state index contributed by atoms with van der Waals surface area (Å²) in [5, 5.41) is 7.59. The first-order chi connectivity index (χ1) is 6.74. The molecule has 1 rings (SSSR count). The zero-order chi connectivity index (χ0) is 10.4. The van der Waals surface area contributed by atoms with E-state index in [1.165, 1.54) is 12.8 Å². The fourth-order valence-corrected chi connectivity index (χ4v) is 1.69. The number of hydrogen-bond acceptors (Lipinski definition) is 2. The summed E-state index contributed by atoms with van der Waals surface area (Å²) in [6.07, 6.45) is 6.23. The van der Waals surface area contributed by atoms with Crippen LogP contribution in [0.25, 0.3) is 0 Å². The monoisotopic (exact) mass is 259 g/mol. The van der Waals surface area contributed by atoms with Gasteiger partial charge in [-0.1, -0.05) is 6.92 Å². The SMILES string of the molecule is CCNCCCC(C)n1cc(Br)cn1. The van der Waals surface area contributed by atoms with Crippen LogP contribution in [0.3, 0.4) is 0 Å². The molecule has 1 aromatic rings. The van der Waals surface area contributed by atoms with Crippen molar-refractivity contribution in [3.8, 4) is 0 Å². The molecule has 1 unspecified atom stereocenters. The minimum Gasteiger partial charge on any atom is -0.317 e. The molecule has 0 bridgehead atoms. The number of aromatic nitrogens is 2. The van der Waals surface area contributed by atoms with Crippen molar-refractivity contribution in [3.63, 3.8) is 0 Å². The van der Waals surface area contributed by atoms with Crippen molar-refractivity contribution in [1.82, 2.24) is 15.1 Å². The van der Waals surface area contributed by atoms with Crippen molar-refractivity contribution in [1.29, 1.82) is 0 Å². The Kier molecular flexibility index (Phi) is 5.19. The highest BCUT2D eigenvalue weighted by Crippen LogP contribution is 2.15. The quantitative estimate of drug-likeness (QED) is 0.797. The number of rotatable bonds is 6. The second-order valence-electron chi connectivity index (χ2n) is 3.48. The summed E-state index contributed by atoms with van der Waals surface area (Å²) < 4.78 is 3.06. The van der Waals surface area contributed by atoms with E-state index in [1.807, 2.05) is 17.1 Å². The molecule has 0 spiro atoms. The van der Waals surface area contributed by atoms with Crippen LogP contribution in [0.5, 0.6) is 0 Å². The van der Waals surface area contributed by atoms with Crippen molar-refractivity contribution in [2.45, 2.75) is 32.7 Å². The lowest BCUT2D eigenvalue weighted by molar-refractivity contribution is 0.440. The molecular formula is C10H18BrN3. The van der Waals surface area contributed by atoms with Gasteiger partial charge in [0.05, 0.1) is 10.7 Å². The number of hydrogen-bond donors (Lipinski definition) is 1. The summed E-state index contributed by atoms with van der Waals surface area (Å²) in [6.45, 7) is 6.49. The molecule has 0 aromatic carbocycles. The van der Waals surface area contributed by atoms with Gasteiger partial charge in [-0.3, -0.25) is 4.68 Å². The van der Waals surface area contributed by atoms with Gasteiger partial charge in [0.25, 0.3) is 0 Å². The molecule has 1 N–H and O–H groups in total. The second-order valence-corrected chi connectivity index (χ2v) is 4.40. The molecule has 3 nitrogen and oxygen atoms in total. The van der Waals surface area contributed by atoms with E-state index < -0.39 is 0 Å². The van der Waals surface area contributed by atoms with Gasteiger partial charge in [-0.2, -0.15) is 5.10 Å². The average Bonchev–Trinajstić information content (AvgIpc) is 2.59. The molecule has 0 saturated heterocycles. The third kappa shape index (κ3) is 3.80. The zero-order valence-electron chi connectivity index (χ0n) is 8.83. The van der Waals surface area contributed by atoms with Crippen LogP contribution < -0.4 is 5.32 Å². The zero-order valence-corrected chi connectivity index (χ0v) is 10.4. The number of nitrogens with one attached hydrogen (secondary N) is 1. The first-order valence-corrected chi connectivity index (χ1v) is 5.93. The van der Waals surface area contributed by atoms with E-state index in [1.54, 1.807) is 0 Å². The predicted octanol–water partition coefficient (Wildman–Crippen LogP) is 2.60. The molecule has 1 heterocycles. The summed E-state index contributed by atoms with van der Waals surface area (Å²) in [5.41, 5.74) is 0. The van der Waals surface area contributed by atoms with Crippen LogP contribution in [0.15, 0.2) is 16.9 Å². The Balaban J connectivity index is 2.25.